The van der Waals surface area contributed by atoms with Crippen molar-refractivity contribution < 1.29 is 17.9 Å². The van der Waals surface area contributed by atoms with E-state index in [1.165, 1.54) is 28.7 Å². The van der Waals surface area contributed by atoms with Crippen LogP contribution in [-0.2, 0) is 19.6 Å². The molecule has 2 rings (SSSR count). The SMILES string of the molecule is CCOC(=O)CSc1ccc(S(=O)(=O)N(C)C2CCCCC2)cn1. The van der Waals surface area contributed by atoms with Gasteiger partial charge in [-0.15, -0.1) is 0 Å². The summed E-state index contributed by atoms with van der Waals surface area (Å²) in [6, 6.07) is 3.25. The summed E-state index contributed by atoms with van der Waals surface area (Å²) in [4.78, 5) is 15.7. The van der Waals surface area contributed by atoms with Gasteiger partial charge < -0.3 is 4.74 Å². The largest absolute Gasteiger partial charge is 0.465 e. The molecule has 24 heavy (non-hydrogen) atoms. The summed E-state index contributed by atoms with van der Waals surface area (Å²) < 4.78 is 31.7. The van der Waals surface area contributed by atoms with Crippen molar-refractivity contribution >= 4 is 27.8 Å². The molecule has 0 N–H and O–H groups in total. The van der Waals surface area contributed by atoms with Gasteiger partial charge in [-0.2, -0.15) is 4.31 Å². The van der Waals surface area contributed by atoms with Crippen molar-refractivity contribution in [2.45, 2.75) is 55.0 Å². The number of hydrogen-bond donors (Lipinski definition) is 0. The lowest BCUT2D eigenvalue weighted by atomic mass is 9.96. The highest BCUT2D eigenvalue weighted by Gasteiger charge is 2.29. The second-order valence-electron chi connectivity index (χ2n) is 5.74. The number of ether oxygens (including phenoxy) is 1. The molecule has 1 aliphatic carbocycles. The van der Waals surface area contributed by atoms with Crippen molar-refractivity contribution in [2.24, 2.45) is 0 Å². The average molecular weight is 373 g/mol. The summed E-state index contributed by atoms with van der Waals surface area (Å²) in [5.74, 6) is -0.146. The van der Waals surface area contributed by atoms with E-state index in [1.807, 2.05) is 0 Å². The Balaban J connectivity index is 2.01. The second kappa shape index (κ2) is 8.82. The minimum atomic E-state index is -3.53. The van der Waals surface area contributed by atoms with Crippen LogP contribution in [0.15, 0.2) is 28.3 Å². The number of carbonyl (C=O) groups excluding carboxylic acids is 1. The van der Waals surface area contributed by atoms with Crippen LogP contribution < -0.4 is 0 Å². The van der Waals surface area contributed by atoms with Gasteiger partial charge in [0.05, 0.1) is 17.4 Å². The van der Waals surface area contributed by atoms with Gasteiger partial charge in [-0.05, 0) is 31.9 Å². The van der Waals surface area contributed by atoms with Crippen LogP contribution >= 0.6 is 11.8 Å². The van der Waals surface area contributed by atoms with Gasteiger partial charge in [0.15, 0.2) is 0 Å². The van der Waals surface area contributed by atoms with Crippen LogP contribution in [0.1, 0.15) is 39.0 Å². The predicted molar refractivity (Wildman–Crippen MR) is 93.4 cm³/mol. The minimum Gasteiger partial charge on any atom is -0.465 e. The molecule has 0 atom stereocenters. The molecule has 1 saturated carbocycles. The van der Waals surface area contributed by atoms with Gasteiger partial charge in [0.25, 0.3) is 0 Å². The molecule has 0 bridgehead atoms. The summed E-state index contributed by atoms with van der Waals surface area (Å²) >= 11 is 1.23. The molecule has 1 aromatic heterocycles. The Kier molecular flexibility index (Phi) is 7.06. The van der Waals surface area contributed by atoms with Gasteiger partial charge in [0.2, 0.25) is 10.0 Å². The summed E-state index contributed by atoms with van der Waals surface area (Å²) in [6.45, 7) is 2.10. The van der Waals surface area contributed by atoms with Crippen molar-refractivity contribution in [1.82, 2.24) is 9.29 Å². The molecule has 0 amide bonds. The third kappa shape index (κ3) is 4.94. The van der Waals surface area contributed by atoms with Crippen LogP contribution in [0, 0.1) is 0 Å². The molecule has 1 aromatic rings. The lowest BCUT2D eigenvalue weighted by molar-refractivity contribution is -0.139. The van der Waals surface area contributed by atoms with Crippen molar-refractivity contribution in [3.63, 3.8) is 0 Å². The Morgan fingerprint density at radius 2 is 2.04 bits per heavy atom. The zero-order valence-electron chi connectivity index (χ0n) is 14.1. The van der Waals surface area contributed by atoms with E-state index in [-0.39, 0.29) is 22.7 Å². The highest BCUT2D eigenvalue weighted by Crippen LogP contribution is 2.26. The van der Waals surface area contributed by atoms with E-state index in [4.69, 9.17) is 4.74 Å². The lowest BCUT2D eigenvalue weighted by Gasteiger charge is -2.30. The van der Waals surface area contributed by atoms with E-state index in [0.29, 0.717) is 11.6 Å². The van der Waals surface area contributed by atoms with Crippen LogP contribution in [0.25, 0.3) is 0 Å². The monoisotopic (exact) mass is 372 g/mol. The van der Waals surface area contributed by atoms with Crippen LogP contribution in [-0.4, -0.2) is 49.1 Å². The normalized spacial score (nSPS) is 16.3. The van der Waals surface area contributed by atoms with E-state index >= 15 is 0 Å². The second-order valence-corrected chi connectivity index (χ2v) is 8.73. The van der Waals surface area contributed by atoms with Gasteiger partial charge in [-0.3, -0.25) is 4.79 Å². The maximum Gasteiger partial charge on any atom is 0.316 e. The Labute approximate surface area is 148 Å². The first-order chi connectivity index (χ1) is 11.4. The average Bonchev–Trinajstić information content (AvgIpc) is 2.60. The van der Waals surface area contributed by atoms with Crippen molar-refractivity contribution in [2.75, 3.05) is 19.4 Å². The fourth-order valence-corrected chi connectivity index (χ4v) is 4.75. The molecule has 6 nitrogen and oxygen atoms in total. The zero-order chi connectivity index (χ0) is 17.6. The summed E-state index contributed by atoms with van der Waals surface area (Å²) in [5, 5.41) is 0.599. The van der Waals surface area contributed by atoms with Crippen molar-refractivity contribution in [1.29, 1.82) is 0 Å². The molecule has 1 aliphatic rings. The number of nitrogens with zero attached hydrogens (tertiary/aromatic N) is 2. The van der Waals surface area contributed by atoms with Gasteiger partial charge in [0.1, 0.15) is 4.90 Å². The van der Waals surface area contributed by atoms with Gasteiger partial charge in [-0.1, -0.05) is 31.0 Å². The fraction of sp³-hybridized carbons (Fsp3) is 0.625. The Morgan fingerprint density at radius 3 is 2.62 bits per heavy atom. The van der Waals surface area contributed by atoms with Gasteiger partial charge >= 0.3 is 5.97 Å². The number of carbonyl (C=O) groups is 1. The van der Waals surface area contributed by atoms with E-state index in [1.54, 1.807) is 26.1 Å². The molecular formula is C16H24N2O4S2. The summed E-state index contributed by atoms with van der Waals surface area (Å²) in [7, 11) is -1.88. The first kappa shape index (κ1) is 19.2. The molecule has 1 fully saturated rings. The van der Waals surface area contributed by atoms with Crippen LogP contribution in [0.3, 0.4) is 0 Å². The smallest absolute Gasteiger partial charge is 0.316 e. The molecule has 1 heterocycles. The van der Waals surface area contributed by atoms with E-state index in [0.717, 1.165) is 25.7 Å². The van der Waals surface area contributed by atoms with E-state index in [2.05, 4.69) is 4.98 Å². The Morgan fingerprint density at radius 1 is 1.33 bits per heavy atom. The van der Waals surface area contributed by atoms with E-state index in [9.17, 15) is 13.2 Å². The number of rotatable bonds is 7. The van der Waals surface area contributed by atoms with Crippen LogP contribution in [0.4, 0.5) is 0 Å². The molecule has 0 aliphatic heterocycles. The number of thioether (sulfide) groups is 1. The topological polar surface area (TPSA) is 76.6 Å². The Hall–Kier alpha value is -1.12. The molecule has 8 heteroatoms. The molecule has 0 spiro atoms. The van der Waals surface area contributed by atoms with Crippen LogP contribution in [0.2, 0.25) is 0 Å². The molecule has 134 valence electrons. The highest BCUT2D eigenvalue weighted by atomic mass is 32.2. The van der Waals surface area contributed by atoms with Crippen LogP contribution in [0.5, 0.6) is 0 Å². The molecule has 0 radical (unpaired) electrons. The van der Waals surface area contributed by atoms with E-state index < -0.39 is 10.0 Å². The summed E-state index contributed by atoms with van der Waals surface area (Å²) in [5.41, 5.74) is 0. The van der Waals surface area contributed by atoms with Gasteiger partial charge in [-0.25, -0.2) is 13.4 Å². The molecule has 0 aromatic carbocycles. The fourth-order valence-electron chi connectivity index (χ4n) is 2.75. The number of aromatic nitrogens is 1. The quantitative estimate of drug-likeness (QED) is 0.541. The van der Waals surface area contributed by atoms with Crippen molar-refractivity contribution in [3.8, 4) is 0 Å². The first-order valence-electron chi connectivity index (χ1n) is 8.17. The highest BCUT2D eigenvalue weighted by molar-refractivity contribution is 7.99. The maximum atomic E-state index is 12.7. The van der Waals surface area contributed by atoms with Crippen molar-refractivity contribution in [3.05, 3.63) is 18.3 Å². The maximum absolute atomic E-state index is 12.7. The molecule has 0 unspecified atom stereocenters. The lowest BCUT2D eigenvalue weighted by Crippen LogP contribution is -2.38. The standard InChI is InChI=1S/C16H24N2O4S2/c1-3-22-16(19)12-23-15-10-9-14(11-17-15)24(20,21)18(2)13-7-5-4-6-8-13/h9-11,13H,3-8,12H2,1-2H3. The number of hydrogen-bond acceptors (Lipinski definition) is 6. The third-order valence-corrected chi connectivity index (χ3v) is 6.93. The number of pyridine rings is 1. The third-order valence-electron chi connectivity index (χ3n) is 4.12. The number of sulfonamides is 1. The molecule has 0 saturated heterocycles. The minimum absolute atomic E-state index is 0.0709. The zero-order valence-corrected chi connectivity index (χ0v) is 15.7. The predicted octanol–water partition coefficient (Wildman–Crippen LogP) is 2.69. The number of esters is 1. The first-order valence-corrected chi connectivity index (χ1v) is 10.6. The summed E-state index contributed by atoms with van der Waals surface area (Å²) in [6.07, 6.45) is 6.52. The molecular weight excluding hydrogens is 348 g/mol. The Bertz CT molecular complexity index is 641. The van der Waals surface area contributed by atoms with Gasteiger partial charge in [0, 0.05) is 19.3 Å².